The van der Waals surface area contributed by atoms with Crippen molar-refractivity contribution in [3.63, 3.8) is 0 Å². The van der Waals surface area contributed by atoms with Crippen LogP contribution in [0.4, 0.5) is 4.39 Å². The summed E-state index contributed by atoms with van der Waals surface area (Å²) in [5, 5.41) is 0. The Balaban J connectivity index is 0.00000180. The molecule has 0 aromatic heterocycles. The molecule has 0 aliphatic heterocycles. The predicted octanol–water partition coefficient (Wildman–Crippen LogP) is 1.57. The number of benzene rings is 1. The van der Waals surface area contributed by atoms with Crippen LogP contribution in [0.1, 0.15) is 18.4 Å². The molecule has 2 rings (SSSR count). The number of hydrogen-bond donors (Lipinski definition) is 2. The average molecular weight is 309 g/mol. The van der Waals surface area contributed by atoms with Gasteiger partial charge < -0.3 is 5.73 Å². The molecule has 1 fully saturated rings. The van der Waals surface area contributed by atoms with Crippen molar-refractivity contribution in [1.29, 1.82) is 0 Å². The molecule has 0 spiro atoms. The van der Waals surface area contributed by atoms with Gasteiger partial charge in [-0.2, -0.15) is 0 Å². The van der Waals surface area contributed by atoms with Gasteiger partial charge in [-0.3, -0.25) is 0 Å². The van der Waals surface area contributed by atoms with Crippen LogP contribution < -0.4 is 10.5 Å². The first-order valence-corrected chi connectivity index (χ1v) is 7.40. The second-order valence-electron chi connectivity index (χ2n) is 4.74. The van der Waals surface area contributed by atoms with Crippen LogP contribution in [0, 0.1) is 18.7 Å². The largest absolute Gasteiger partial charge is 0.326 e. The Bertz CT molecular complexity index is 547. The zero-order valence-electron chi connectivity index (χ0n) is 10.6. The monoisotopic (exact) mass is 308 g/mol. The molecule has 1 saturated carbocycles. The van der Waals surface area contributed by atoms with Crippen molar-refractivity contribution in [2.75, 3.05) is 6.54 Å². The van der Waals surface area contributed by atoms with Crippen LogP contribution in [-0.4, -0.2) is 21.0 Å². The van der Waals surface area contributed by atoms with E-state index >= 15 is 0 Å². The van der Waals surface area contributed by atoms with Gasteiger partial charge in [0.1, 0.15) is 10.7 Å². The SMILES string of the molecule is Cc1cccc(S(=O)(=O)NCC(N)C2CC2)c1F.Cl. The molecule has 0 saturated heterocycles. The molecule has 1 unspecified atom stereocenters. The van der Waals surface area contributed by atoms with E-state index in [-0.39, 0.29) is 29.9 Å². The molecule has 4 nitrogen and oxygen atoms in total. The van der Waals surface area contributed by atoms with Gasteiger partial charge in [-0.25, -0.2) is 17.5 Å². The third-order valence-corrected chi connectivity index (χ3v) is 4.62. The maximum Gasteiger partial charge on any atom is 0.243 e. The molecule has 1 aromatic carbocycles. The summed E-state index contributed by atoms with van der Waals surface area (Å²) in [4.78, 5) is -0.314. The van der Waals surface area contributed by atoms with Crippen molar-refractivity contribution < 1.29 is 12.8 Å². The van der Waals surface area contributed by atoms with Crippen LogP contribution >= 0.6 is 12.4 Å². The van der Waals surface area contributed by atoms with Crippen molar-refractivity contribution in [1.82, 2.24) is 4.72 Å². The van der Waals surface area contributed by atoms with E-state index in [1.807, 2.05) is 0 Å². The zero-order valence-corrected chi connectivity index (χ0v) is 12.2. The van der Waals surface area contributed by atoms with E-state index in [4.69, 9.17) is 5.73 Å². The molecule has 108 valence electrons. The van der Waals surface area contributed by atoms with E-state index in [0.29, 0.717) is 11.5 Å². The van der Waals surface area contributed by atoms with Gasteiger partial charge in [0.2, 0.25) is 10.0 Å². The maximum atomic E-state index is 13.7. The van der Waals surface area contributed by atoms with Crippen LogP contribution in [-0.2, 0) is 10.0 Å². The molecular formula is C12H18ClFN2O2S. The summed E-state index contributed by atoms with van der Waals surface area (Å²) >= 11 is 0. The summed E-state index contributed by atoms with van der Waals surface area (Å²) < 4.78 is 40.0. The van der Waals surface area contributed by atoms with Gasteiger partial charge >= 0.3 is 0 Å². The number of aryl methyl sites for hydroxylation is 1. The standard InChI is InChI=1S/C12H17FN2O2S.ClH/c1-8-3-2-4-11(12(8)13)18(16,17)15-7-10(14)9-5-6-9;/h2-4,9-10,15H,5-7,14H2,1H3;1H. The number of halogens is 2. The highest BCUT2D eigenvalue weighted by Gasteiger charge is 2.30. The molecule has 1 atom stereocenters. The fraction of sp³-hybridized carbons (Fsp3) is 0.500. The lowest BCUT2D eigenvalue weighted by molar-refractivity contribution is 0.534. The summed E-state index contributed by atoms with van der Waals surface area (Å²) in [5.41, 5.74) is 6.12. The fourth-order valence-corrected chi connectivity index (χ4v) is 3.02. The highest BCUT2D eigenvalue weighted by Crippen LogP contribution is 2.31. The summed E-state index contributed by atoms with van der Waals surface area (Å²) in [6.45, 7) is 1.69. The Labute approximate surface area is 119 Å². The lowest BCUT2D eigenvalue weighted by Gasteiger charge is -2.13. The fourth-order valence-electron chi connectivity index (χ4n) is 1.80. The van der Waals surface area contributed by atoms with E-state index < -0.39 is 15.8 Å². The quantitative estimate of drug-likeness (QED) is 0.867. The summed E-state index contributed by atoms with van der Waals surface area (Å²) in [7, 11) is -3.82. The first-order valence-electron chi connectivity index (χ1n) is 5.92. The Hall–Kier alpha value is -0.690. The Morgan fingerprint density at radius 1 is 1.47 bits per heavy atom. The van der Waals surface area contributed by atoms with Crippen molar-refractivity contribution in [3.8, 4) is 0 Å². The molecule has 1 aliphatic carbocycles. The van der Waals surface area contributed by atoms with Gasteiger partial charge in [0.05, 0.1) is 0 Å². The minimum atomic E-state index is -3.82. The molecular weight excluding hydrogens is 291 g/mol. The Morgan fingerprint density at radius 3 is 2.68 bits per heavy atom. The van der Waals surface area contributed by atoms with Crippen LogP contribution in [0.15, 0.2) is 23.1 Å². The molecule has 1 aliphatic rings. The molecule has 0 radical (unpaired) electrons. The van der Waals surface area contributed by atoms with Gasteiger partial charge in [-0.05, 0) is 37.3 Å². The van der Waals surface area contributed by atoms with Gasteiger partial charge in [-0.15, -0.1) is 12.4 Å². The first-order chi connectivity index (χ1) is 8.42. The topological polar surface area (TPSA) is 72.2 Å². The van der Waals surface area contributed by atoms with E-state index in [9.17, 15) is 12.8 Å². The van der Waals surface area contributed by atoms with E-state index in [1.54, 1.807) is 0 Å². The third-order valence-electron chi connectivity index (χ3n) is 3.18. The van der Waals surface area contributed by atoms with E-state index in [1.165, 1.54) is 25.1 Å². The van der Waals surface area contributed by atoms with Crippen molar-refractivity contribution >= 4 is 22.4 Å². The minimum absolute atomic E-state index is 0. The summed E-state index contributed by atoms with van der Waals surface area (Å²) in [5.74, 6) is -0.306. The predicted molar refractivity (Wildman–Crippen MR) is 74.3 cm³/mol. The van der Waals surface area contributed by atoms with Crippen molar-refractivity contribution in [2.45, 2.75) is 30.7 Å². The third kappa shape index (κ3) is 3.89. The molecule has 1 aromatic rings. The second kappa shape index (κ2) is 6.17. The number of nitrogens with two attached hydrogens (primary N) is 1. The van der Waals surface area contributed by atoms with Gasteiger partial charge in [0, 0.05) is 12.6 Å². The van der Waals surface area contributed by atoms with E-state index in [0.717, 1.165) is 12.8 Å². The van der Waals surface area contributed by atoms with Crippen LogP contribution in [0.3, 0.4) is 0 Å². The molecule has 0 bridgehead atoms. The maximum absolute atomic E-state index is 13.7. The number of nitrogens with one attached hydrogen (secondary N) is 1. The van der Waals surface area contributed by atoms with E-state index in [2.05, 4.69) is 4.72 Å². The summed E-state index contributed by atoms with van der Waals surface area (Å²) in [6, 6.07) is 4.12. The normalized spacial score (nSPS) is 16.8. The first kappa shape index (κ1) is 16.4. The highest BCUT2D eigenvalue weighted by molar-refractivity contribution is 7.89. The lowest BCUT2D eigenvalue weighted by atomic mass is 10.2. The molecule has 3 N–H and O–H groups in total. The zero-order chi connectivity index (χ0) is 13.3. The minimum Gasteiger partial charge on any atom is -0.326 e. The second-order valence-corrected chi connectivity index (χ2v) is 6.48. The average Bonchev–Trinajstić information content (AvgIpc) is 3.13. The van der Waals surface area contributed by atoms with Gasteiger partial charge in [0.25, 0.3) is 0 Å². The molecule has 0 heterocycles. The van der Waals surface area contributed by atoms with Crippen LogP contribution in [0.2, 0.25) is 0 Å². The van der Waals surface area contributed by atoms with Crippen LogP contribution in [0.25, 0.3) is 0 Å². The Kier molecular flexibility index (Phi) is 5.32. The van der Waals surface area contributed by atoms with Gasteiger partial charge in [0.15, 0.2) is 0 Å². The van der Waals surface area contributed by atoms with Crippen molar-refractivity contribution in [3.05, 3.63) is 29.6 Å². The number of rotatable bonds is 5. The number of hydrogen-bond acceptors (Lipinski definition) is 3. The summed E-state index contributed by atoms with van der Waals surface area (Å²) in [6.07, 6.45) is 2.09. The molecule has 0 amide bonds. The van der Waals surface area contributed by atoms with Crippen molar-refractivity contribution in [2.24, 2.45) is 11.7 Å². The highest BCUT2D eigenvalue weighted by atomic mass is 35.5. The smallest absolute Gasteiger partial charge is 0.243 e. The number of sulfonamides is 1. The molecule has 7 heteroatoms. The lowest BCUT2D eigenvalue weighted by Crippen LogP contribution is -2.38. The Morgan fingerprint density at radius 2 is 2.11 bits per heavy atom. The van der Waals surface area contributed by atoms with Crippen LogP contribution in [0.5, 0.6) is 0 Å². The molecule has 19 heavy (non-hydrogen) atoms. The van der Waals surface area contributed by atoms with Gasteiger partial charge in [-0.1, -0.05) is 12.1 Å².